The van der Waals surface area contributed by atoms with Crippen molar-refractivity contribution >= 4 is 34.1 Å². The first kappa shape index (κ1) is 22.7. The van der Waals surface area contributed by atoms with Crippen LogP contribution in [0.1, 0.15) is 30.5 Å². The lowest BCUT2D eigenvalue weighted by Crippen LogP contribution is -2.33. The highest BCUT2D eigenvalue weighted by atomic mass is 35.5. The topological polar surface area (TPSA) is 60.3 Å². The molecule has 3 aromatic rings. The van der Waals surface area contributed by atoms with Gasteiger partial charge in [0.25, 0.3) is 5.56 Å². The summed E-state index contributed by atoms with van der Waals surface area (Å²) in [7, 11) is 1.45. The van der Waals surface area contributed by atoms with E-state index in [1.165, 1.54) is 17.7 Å². The number of carbonyl (C=O) groups excluding carboxylic acids is 1. The minimum atomic E-state index is -4.59. The van der Waals surface area contributed by atoms with Crippen LogP contribution in [0, 0.1) is 6.92 Å². The van der Waals surface area contributed by atoms with Crippen molar-refractivity contribution in [2.24, 2.45) is 0 Å². The maximum atomic E-state index is 13.1. The summed E-state index contributed by atoms with van der Waals surface area (Å²) in [4.78, 5) is 26.0. The number of fused-ring (bicyclic) bond motifs is 1. The van der Waals surface area contributed by atoms with Crippen LogP contribution in [0.4, 0.5) is 18.9 Å². The fourth-order valence-corrected chi connectivity index (χ4v) is 3.67. The zero-order valence-electron chi connectivity index (χ0n) is 17.0. The van der Waals surface area contributed by atoms with Gasteiger partial charge in [0, 0.05) is 11.5 Å². The first-order valence-electron chi connectivity index (χ1n) is 9.45. The number of anilines is 1. The number of halogens is 4. The van der Waals surface area contributed by atoms with Gasteiger partial charge in [-0.2, -0.15) is 13.2 Å². The van der Waals surface area contributed by atoms with Crippen LogP contribution in [0.15, 0.2) is 47.3 Å². The van der Waals surface area contributed by atoms with E-state index in [4.69, 9.17) is 16.3 Å². The van der Waals surface area contributed by atoms with Gasteiger partial charge in [-0.3, -0.25) is 14.2 Å². The Morgan fingerprint density at radius 2 is 1.94 bits per heavy atom. The number of carbonyl (C=O) groups is 1. The number of aryl methyl sites for hydroxylation is 1. The standard InChI is InChI=1S/C22H20ClF3N2O3/c1-4-17(21(30)27-16-11-13(22(24,25)26)8-9-15(16)23)28-19(29)10-12(2)14-6-5-7-18(31-3)20(14)28/h5-11,17H,4H2,1-3H3,(H,27,30). The predicted octanol–water partition coefficient (Wildman–Crippen LogP) is 5.58. The number of alkyl halides is 3. The van der Waals surface area contributed by atoms with Crippen LogP contribution in [-0.4, -0.2) is 17.6 Å². The van der Waals surface area contributed by atoms with Gasteiger partial charge in [-0.1, -0.05) is 30.7 Å². The van der Waals surface area contributed by atoms with Crippen LogP contribution < -0.4 is 15.6 Å². The second-order valence-corrected chi connectivity index (χ2v) is 7.40. The molecule has 3 rings (SSSR count). The zero-order chi connectivity index (χ0) is 22.9. The smallest absolute Gasteiger partial charge is 0.416 e. The maximum absolute atomic E-state index is 13.1. The fourth-order valence-electron chi connectivity index (χ4n) is 3.50. The average Bonchev–Trinajstić information content (AvgIpc) is 2.71. The van der Waals surface area contributed by atoms with Crippen molar-refractivity contribution in [3.8, 4) is 5.75 Å². The summed E-state index contributed by atoms with van der Waals surface area (Å²) in [5.41, 5.74) is -0.402. The zero-order valence-corrected chi connectivity index (χ0v) is 17.8. The van der Waals surface area contributed by atoms with Gasteiger partial charge in [-0.15, -0.1) is 0 Å². The second-order valence-electron chi connectivity index (χ2n) is 7.00. The Kier molecular flexibility index (Phi) is 6.31. The summed E-state index contributed by atoms with van der Waals surface area (Å²) in [6, 6.07) is 8.32. The quantitative estimate of drug-likeness (QED) is 0.549. The Hall–Kier alpha value is -3.00. The van der Waals surface area contributed by atoms with Crippen LogP contribution in [0.3, 0.4) is 0 Å². The summed E-state index contributed by atoms with van der Waals surface area (Å²) in [6.45, 7) is 3.47. The minimum Gasteiger partial charge on any atom is -0.495 e. The lowest BCUT2D eigenvalue weighted by Gasteiger charge is -2.22. The minimum absolute atomic E-state index is 0.0464. The largest absolute Gasteiger partial charge is 0.495 e. The third kappa shape index (κ3) is 4.39. The molecule has 1 aromatic heterocycles. The molecule has 0 spiro atoms. The number of amides is 1. The molecule has 31 heavy (non-hydrogen) atoms. The fraction of sp³-hybridized carbons (Fsp3) is 0.273. The molecule has 0 aliphatic carbocycles. The van der Waals surface area contributed by atoms with Gasteiger partial charge in [0.1, 0.15) is 11.8 Å². The Labute approximate surface area is 181 Å². The molecule has 2 aromatic carbocycles. The van der Waals surface area contributed by atoms with Crippen molar-refractivity contribution in [1.82, 2.24) is 4.57 Å². The number of methoxy groups -OCH3 is 1. The molecule has 1 amide bonds. The van der Waals surface area contributed by atoms with E-state index in [9.17, 15) is 22.8 Å². The molecule has 0 aliphatic rings. The molecule has 1 N–H and O–H groups in total. The molecule has 1 atom stereocenters. The molecular weight excluding hydrogens is 433 g/mol. The van der Waals surface area contributed by atoms with E-state index in [1.807, 2.05) is 0 Å². The average molecular weight is 453 g/mol. The van der Waals surface area contributed by atoms with E-state index >= 15 is 0 Å². The lowest BCUT2D eigenvalue weighted by atomic mass is 10.1. The molecule has 0 saturated carbocycles. The molecule has 0 bridgehead atoms. The summed E-state index contributed by atoms with van der Waals surface area (Å²) in [5, 5.41) is 3.12. The Morgan fingerprint density at radius 3 is 2.55 bits per heavy atom. The highest BCUT2D eigenvalue weighted by Gasteiger charge is 2.31. The first-order chi connectivity index (χ1) is 14.6. The van der Waals surface area contributed by atoms with Crippen molar-refractivity contribution in [2.45, 2.75) is 32.5 Å². The molecule has 5 nitrogen and oxygen atoms in total. The van der Waals surface area contributed by atoms with Crippen molar-refractivity contribution < 1.29 is 22.7 Å². The first-order valence-corrected chi connectivity index (χ1v) is 9.82. The predicted molar refractivity (Wildman–Crippen MR) is 114 cm³/mol. The molecular formula is C22H20ClF3N2O3. The molecule has 9 heteroatoms. The Balaban J connectivity index is 2.11. The van der Waals surface area contributed by atoms with Crippen LogP contribution in [0.2, 0.25) is 5.02 Å². The Morgan fingerprint density at radius 1 is 1.23 bits per heavy atom. The summed E-state index contributed by atoms with van der Waals surface area (Å²) >= 11 is 6.01. The van der Waals surface area contributed by atoms with Gasteiger partial charge in [-0.25, -0.2) is 0 Å². The normalized spacial score (nSPS) is 12.6. The SMILES string of the molecule is CCC(C(=O)Nc1cc(C(F)(F)F)ccc1Cl)n1c(=O)cc(C)c2cccc(OC)c21. The number of ether oxygens (including phenoxy) is 1. The monoisotopic (exact) mass is 452 g/mol. The van der Waals surface area contributed by atoms with Gasteiger partial charge >= 0.3 is 6.18 Å². The van der Waals surface area contributed by atoms with Gasteiger partial charge in [-0.05, 0) is 43.2 Å². The van der Waals surface area contributed by atoms with E-state index in [-0.39, 0.29) is 17.1 Å². The van der Waals surface area contributed by atoms with Crippen molar-refractivity contribution in [1.29, 1.82) is 0 Å². The van der Waals surface area contributed by atoms with Crippen molar-refractivity contribution in [2.75, 3.05) is 12.4 Å². The van der Waals surface area contributed by atoms with E-state index in [0.29, 0.717) is 16.8 Å². The molecule has 0 fully saturated rings. The maximum Gasteiger partial charge on any atom is 0.416 e. The number of hydrogen-bond donors (Lipinski definition) is 1. The number of nitrogens with zero attached hydrogens (tertiary/aromatic N) is 1. The van der Waals surface area contributed by atoms with Crippen LogP contribution in [-0.2, 0) is 11.0 Å². The third-order valence-corrected chi connectivity index (χ3v) is 5.34. The summed E-state index contributed by atoms with van der Waals surface area (Å²) in [6.07, 6.45) is -4.38. The number of para-hydroxylation sites is 1. The van der Waals surface area contributed by atoms with Crippen LogP contribution in [0.5, 0.6) is 5.75 Å². The number of nitrogens with one attached hydrogen (secondary N) is 1. The van der Waals surface area contributed by atoms with Crippen molar-refractivity contribution in [3.05, 3.63) is 69.0 Å². The summed E-state index contributed by atoms with van der Waals surface area (Å²) in [5.74, 6) is -0.261. The molecule has 1 heterocycles. The van der Waals surface area contributed by atoms with E-state index in [2.05, 4.69) is 5.32 Å². The molecule has 164 valence electrons. The number of pyridine rings is 1. The lowest BCUT2D eigenvalue weighted by molar-refractivity contribution is -0.137. The Bertz CT molecular complexity index is 1210. The van der Waals surface area contributed by atoms with Gasteiger partial charge < -0.3 is 10.1 Å². The van der Waals surface area contributed by atoms with E-state index in [0.717, 1.165) is 23.6 Å². The molecule has 0 saturated heterocycles. The van der Waals surface area contributed by atoms with Gasteiger partial charge in [0.05, 0.1) is 28.9 Å². The van der Waals surface area contributed by atoms with Gasteiger partial charge in [0.15, 0.2) is 0 Å². The molecule has 1 unspecified atom stereocenters. The second kappa shape index (κ2) is 8.63. The third-order valence-electron chi connectivity index (χ3n) is 5.01. The van der Waals surface area contributed by atoms with Gasteiger partial charge in [0.2, 0.25) is 5.91 Å². The highest BCUT2D eigenvalue weighted by molar-refractivity contribution is 6.33. The van der Waals surface area contributed by atoms with E-state index < -0.39 is 29.2 Å². The number of hydrogen-bond acceptors (Lipinski definition) is 3. The number of benzene rings is 2. The van der Waals surface area contributed by atoms with Crippen LogP contribution >= 0.6 is 11.6 Å². The van der Waals surface area contributed by atoms with E-state index in [1.54, 1.807) is 32.0 Å². The van der Waals surface area contributed by atoms with Crippen molar-refractivity contribution in [3.63, 3.8) is 0 Å². The van der Waals surface area contributed by atoms with Crippen LogP contribution in [0.25, 0.3) is 10.9 Å². The number of aromatic nitrogens is 1. The summed E-state index contributed by atoms with van der Waals surface area (Å²) < 4.78 is 45.9. The molecule has 0 radical (unpaired) electrons. The highest BCUT2D eigenvalue weighted by Crippen LogP contribution is 2.35. The number of rotatable bonds is 5. The molecule has 0 aliphatic heterocycles.